The molecule has 0 bridgehead atoms. The molecule has 0 saturated heterocycles. The molecule has 9 nitrogen and oxygen atoms in total. The number of primary amides is 1. The largest absolute Gasteiger partial charge is 0.444 e. The van der Waals surface area contributed by atoms with Crippen molar-refractivity contribution in [3.63, 3.8) is 0 Å². The molecule has 1 fully saturated rings. The Labute approximate surface area is 213 Å². The number of nitrogens with zero attached hydrogens (tertiary/aromatic N) is 1. The molecule has 1 aromatic carbocycles. The average Bonchev–Trinajstić information content (AvgIpc) is 2.80. The van der Waals surface area contributed by atoms with Crippen LogP contribution in [0.1, 0.15) is 82.9 Å². The zero-order valence-corrected chi connectivity index (χ0v) is 21.8. The van der Waals surface area contributed by atoms with Crippen LogP contribution in [-0.4, -0.2) is 53.4 Å². The Morgan fingerprint density at radius 2 is 1.86 bits per heavy atom. The highest BCUT2D eigenvalue weighted by Crippen LogP contribution is 2.25. The summed E-state index contributed by atoms with van der Waals surface area (Å²) in [5, 5.41) is 5.66. The Bertz CT molecular complexity index is 950. The fourth-order valence-corrected chi connectivity index (χ4v) is 4.30. The van der Waals surface area contributed by atoms with Crippen LogP contribution >= 0.6 is 0 Å². The lowest BCUT2D eigenvalue weighted by Crippen LogP contribution is -2.52. The molecule has 4 amide bonds. The molecule has 1 aliphatic rings. The minimum atomic E-state index is -1.11. The Hall–Kier alpha value is -3.36. The van der Waals surface area contributed by atoms with E-state index >= 15 is 0 Å². The monoisotopic (exact) mass is 500 g/mol. The van der Waals surface area contributed by atoms with Gasteiger partial charge < -0.3 is 26.0 Å². The van der Waals surface area contributed by atoms with E-state index in [1.807, 2.05) is 12.1 Å². The summed E-state index contributed by atoms with van der Waals surface area (Å²) in [6.07, 6.45) is 5.75. The van der Waals surface area contributed by atoms with Crippen molar-refractivity contribution >= 4 is 29.9 Å². The van der Waals surface area contributed by atoms with Gasteiger partial charge in [-0.05, 0) is 57.2 Å². The summed E-state index contributed by atoms with van der Waals surface area (Å²) in [7, 11) is 1.52. The van der Waals surface area contributed by atoms with Gasteiger partial charge in [-0.3, -0.25) is 14.4 Å². The topological polar surface area (TPSA) is 131 Å². The lowest BCUT2D eigenvalue weighted by Gasteiger charge is -2.33. The Kier molecular flexibility index (Phi) is 10.5. The van der Waals surface area contributed by atoms with Gasteiger partial charge in [-0.15, -0.1) is 0 Å². The molecule has 2 unspecified atom stereocenters. The van der Waals surface area contributed by atoms with Crippen LogP contribution in [0.5, 0.6) is 0 Å². The third kappa shape index (κ3) is 9.02. The fourth-order valence-electron chi connectivity index (χ4n) is 4.30. The van der Waals surface area contributed by atoms with Crippen molar-refractivity contribution in [2.45, 2.75) is 89.4 Å². The van der Waals surface area contributed by atoms with E-state index in [-0.39, 0.29) is 24.8 Å². The number of likely N-dealkylation sites (N-methyl/N-ethyl adjacent to an activating group) is 1. The molecular formula is C27H40N4O5. The fraction of sp³-hybridized carbons (Fsp3) is 0.556. The number of carbonyl (C=O) groups excluding carboxylic acids is 4. The highest BCUT2D eigenvalue weighted by Gasteiger charge is 2.35. The van der Waals surface area contributed by atoms with Crippen LogP contribution in [0, 0.1) is 0 Å². The predicted molar refractivity (Wildman–Crippen MR) is 139 cm³/mol. The van der Waals surface area contributed by atoms with Crippen molar-refractivity contribution in [3.05, 3.63) is 42.0 Å². The number of nitrogens with two attached hydrogens (primary N) is 1. The van der Waals surface area contributed by atoms with Gasteiger partial charge in [-0.2, -0.15) is 0 Å². The zero-order chi connectivity index (χ0) is 26.9. The molecule has 4 N–H and O–H groups in total. The van der Waals surface area contributed by atoms with Gasteiger partial charge in [0.05, 0.1) is 0 Å². The molecular weight excluding hydrogens is 460 g/mol. The van der Waals surface area contributed by atoms with Gasteiger partial charge in [-0.25, -0.2) is 4.79 Å². The van der Waals surface area contributed by atoms with Gasteiger partial charge in [0.1, 0.15) is 17.7 Å². The molecule has 2 rings (SSSR count). The van der Waals surface area contributed by atoms with Crippen LogP contribution in [-0.2, 0) is 19.1 Å². The maximum atomic E-state index is 13.6. The predicted octanol–water partition coefficient (Wildman–Crippen LogP) is 3.44. The first-order valence-corrected chi connectivity index (χ1v) is 12.5. The first-order valence-electron chi connectivity index (χ1n) is 12.5. The second kappa shape index (κ2) is 13.1. The van der Waals surface area contributed by atoms with E-state index < -0.39 is 35.6 Å². The van der Waals surface area contributed by atoms with Crippen LogP contribution < -0.4 is 16.4 Å². The number of hydrogen-bond acceptors (Lipinski definition) is 5. The summed E-state index contributed by atoms with van der Waals surface area (Å²) in [6.45, 7) is 8.91. The van der Waals surface area contributed by atoms with Crippen molar-refractivity contribution < 1.29 is 23.9 Å². The van der Waals surface area contributed by atoms with E-state index in [9.17, 15) is 19.2 Å². The van der Waals surface area contributed by atoms with Crippen molar-refractivity contribution in [1.29, 1.82) is 0 Å². The molecule has 198 valence electrons. The summed E-state index contributed by atoms with van der Waals surface area (Å²) in [6, 6.07) is 5.23. The Balaban J connectivity index is 2.34. The number of carbonyl (C=O) groups is 4. The molecule has 0 aromatic heterocycles. The Morgan fingerprint density at radius 3 is 2.44 bits per heavy atom. The number of ether oxygens (including phenoxy) is 1. The number of alkyl carbamates (subject to hydrolysis) is 1. The van der Waals surface area contributed by atoms with Crippen molar-refractivity contribution in [2.75, 3.05) is 7.05 Å². The number of nitrogens with one attached hydrogen (secondary N) is 2. The number of rotatable bonds is 10. The molecule has 0 heterocycles. The number of amides is 4. The van der Waals surface area contributed by atoms with Crippen LogP contribution in [0.3, 0.4) is 0 Å². The third-order valence-corrected chi connectivity index (χ3v) is 6.07. The van der Waals surface area contributed by atoms with Gasteiger partial charge in [0.2, 0.25) is 17.7 Å². The minimum absolute atomic E-state index is 0.0264. The van der Waals surface area contributed by atoms with E-state index in [0.717, 1.165) is 37.7 Å². The lowest BCUT2D eigenvalue weighted by molar-refractivity contribution is -0.141. The van der Waals surface area contributed by atoms with E-state index in [1.165, 1.54) is 11.9 Å². The molecule has 36 heavy (non-hydrogen) atoms. The van der Waals surface area contributed by atoms with Gasteiger partial charge in [0.25, 0.3) is 0 Å². The number of benzene rings is 1. The highest BCUT2D eigenvalue weighted by molar-refractivity contribution is 5.92. The van der Waals surface area contributed by atoms with E-state index in [2.05, 4.69) is 17.2 Å². The minimum Gasteiger partial charge on any atom is -0.444 e. The van der Waals surface area contributed by atoms with Gasteiger partial charge in [0, 0.05) is 19.5 Å². The highest BCUT2D eigenvalue weighted by atomic mass is 16.6. The molecule has 9 heteroatoms. The van der Waals surface area contributed by atoms with Gasteiger partial charge in [0.15, 0.2) is 0 Å². The zero-order valence-electron chi connectivity index (χ0n) is 21.8. The molecule has 0 radical (unpaired) electrons. The van der Waals surface area contributed by atoms with E-state index in [4.69, 9.17) is 10.5 Å². The van der Waals surface area contributed by atoms with E-state index in [0.29, 0.717) is 5.56 Å². The standard InChI is InChI=1S/C27H40N4O5/c1-6-18-11-10-12-19(17-18)23(24(33)29-20-13-8-7-9-14-20)31(5)25(34)21(15-16-22(28)32)30-26(35)36-27(2,3)4/h6,10-12,17,20-21,23H,1,7-9,13-16H2,2-5H3,(H2,28,32)(H,29,33)(H,30,35). The summed E-state index contributed by atoms with van der Waals surface area (Å²) >= 11 is 0. The van der Waals surface area contributed by atoms with Crippen LogP contribution in [0.4, 0.5) is 4.79 Å². The SMILES string of the molecule is C=Cc1cccc(C(C(=O)NC2CCCCC2)N(C)C(=O)C(CCC(N)=O)NC(=O)OC(C)(C)C)c1. The lowest BCUT2D eigenvalue weighted by atomic mass is 9.94. The third-order valence-electron chi connectivity index (χ3n) is 6.07. The first kappa shape index (κ1) is 28.9. The molecule has 2 atom stereocenters. The second-order valence-corrected chi connectivity index (χ2v) is 10.3. The smallest absolute Gasteiger partial charge is 0.408 e. The first-order chi connectivity index (χ1) is 16.9. The Morgan fingerprint density at radius 1 is 1.19 bits per heavy atom. The summed E-state index contributed by atoms with van der Waals surface area (Å²) in [4.78, 5) is 52.4. The maximum absolute atomic E-state index is 13.6. The maximum Gasteiger partial charge on any atom is 0.408 e. The summed E-state index contributed by atoms with van der Waals surface area (Å²) in [5.74, 6) is -1.44. The van der Waals surface area contributed by atoms with Crippen LogP contribution in [0.25, 0.3) is 6.08 Å². The van der Waals surface area contributed by atoms with Gasteiger partial charge in [-0.1, -0.05) is 50.1 Å². The molecule has 0 spiro atoms. The van der Waals surface area contributed by atoms with Crippen LogP contribution in [0.2, 0.25) is 0 Å². The quantitative estimate of drug-likeness (QED) is 0.453. The second-order valence-electron chi connectivity index (χ2n) is 10.3. The van der Waals surface area contributed by atoms with Crippen LogP contribution in [0.15, 0.2) is 30.8 Å². The molecule has 0 aliphatic heterocycles. The van der Waals surface area contributed by atoms with Gasteiger partial charge >= 0.3 is 6.09 Å². The molecule has 1 aliphatic carbocycles. The van der Waals surface area contributed by atoms with Crippen molar-refractivity contribution in [1.82, 2.24) is 15.5 Å². The normalized spacial score (nSPS) is 15.8. The summed E-state index contributed by atoms with van der Waals surface area (Å²) < 4.78 is 5.30. The average molecular weight is 501 g/mol. The summed E-state index contributed by atoms with van der Waals surface area (Å²) in [5.41, 5.74) is 5.95. The molecule has 1 aromatic rings. The van der Waals surface area contributed by atoms with Crippen molar-refractivity contribution in [3.8, 4) is 0 Å². The van der Waals surface area contributed by atoms with Crippen molar-refractivity contribution in [2.24, 2.45) is 5.73 Å². The van der Waals surface area contributed by atoms with E-state index in [1.54, 1.807) is 39.0 Å². The number of hydrogen-bond donors (Lipinski definition) is 3. The molecule has 1 saturated carbocycles.